The first kappa shape index (κ1) is 25.8. The summed E-state index contributed by atoms with van der Waals surface area (Å²) in [6.45, 7) is 1.97. The number of amides is 1. The predicted octanol–water partition coefficient (Wildman–Crippen LogP) is 4.42. The monoisotopic (exact) mass is 541 g/mol. The summed E-state index contributed by atoms with van der Waals surface area (Å²) < 4.78 is 28.5. The summed E-state index contributed by atoms with van der Waals surface area (Å²) in [6.07, 6.45) is 5.16. The van der Waals surface area contributed by atoms with E-state index in [1.54, 1.807) is 18.2 Å². The summed E-state index contributed by atoms with van der Waals surface area (Å²) in [7, 11) is -3.59. The highest BCUT2D eigenvalue weighted by Gasteiger charge is 2.30. The molecule has 5 rings (SSSR count). The van der Waals surface area contributed by atoms with Gasteiger partial charge < -0.3 is 10.4 Å². The van der Waals surface area contributed by atoms with Crippen LogP contribution < -0.4 is 5.32 Å². The Morgan fingerprint density at radius 1 is 1.00 bits per heavy atom. The molecule has 1 amide bonds. The number of carbonyl (C=O) groups excluding carboxylic acids is 1. The number of nitrogens with zero attached hydrogens (tertiary/aromatic N) is 2. The first-order valence-electron chi connectivity index (χ1n) is 12.7. The van der Waals surface area contributed by atoms with E-state index in [9.17, 15) is 23.1 Å². The number of carboxylic acid groups (broad SMARTS) is 1. The minimum absolute atomic E-state index is 0.0627. The van der Waals surface area contributed by atoms with Gasteiger partial charge in [-0.3, -0.25) is 9.69 Å². The van der Waals surface area contributed by atoms with Gasteiger partial charge in [-0.2, -0.15) is 4.31 Å². The highest BCUT2D eigenvalue weighted by Crippen LogP contribution is 2.34. The van der Waals surface area contributed by atoms with E-state index >= 15 is 0 Å². The van der Waals surface area contributed by atoms with E-state index in [1.807, 2.05) is 24.3 Å². The van der Waals surface area contributed by atoms with E-state index < -0.39 is 16.0 Å². The SMILES string of the molecule is O=C(CN1CCC[C@@H]1Cc1c(C(=O)O)sc2ccccc12)Nc1cccc(S(=O)(=O)N2CCCCC2)c1. The van der Waals surface area contributed by atoms with Crippen LogP contribution in [0.1, 0.15) is 47.3 Å². The normalized spacial score (nSPS) is 19.3. The highest BCUT2D eigenvalue weighted by molar-refractivity contribution is 7.89. The van der Waals surface area contributed by atoms with Crippen molar-refractivity contribution in [3.63, 3.8) is 0 Å². The average Bonchev–Trinajstić information content (AvgIpc) is 3.49. The number of thiophene rings is 1. The number of aromatic carboxylic acids is 1. The molecule has 37 heavy (non-hydrogen) atoms. The molecular formula is C27H31N3O5S2. The number of benzene rings is 2. The number of piperidine rings is 1. The van der Waals surface area contributed by atoms with Gasteiger partial charge in [0.25, 0.3) is 0 Å². The number of anilines is 1. The smallest absolute Gasteiger partial charge is 0.346 e. The Morgan fingerprint density at radius 3 is 2.57 bits per heavy atom. The van der Waals surface area contributed by atoms with Crippen LogP contribution in [0.25, 0.3) is 10.1 Å². The molecule has 2 N–H and O–H groups in total. The molecule has 3 aromatic rings. The standard InChI is InChI=1S/C27H31N3O5S2/c31-25(28-19-8-6-10-21(16-19)37(34,35)30-14-4-1-5-15-30)18-29-13-7-9-20(29)17-23-22-11-2-3-12-24(22)36-26(23)27(32)33/h2-3,6,8,10-12,16,20H,1,4-5,7,9,13-15,17-18H2,(H,28,31)(H,32,33)/t20-/m1/s1. The van der Waals surface area contributed by atoms with Crippen molar-refractivity contribution in [3.05, 3.63) is 59.0 Å². The van der Waals surface area contributed by atoms with Gasteiger partial charge in [0.05, 0.1) is 11.4 Å². The van der Waals surface area contributed by atoms with Gasteiger partial charge in [-0.05, 0) is 73.9 Å². The molecule has 0 radical (unpaired) electrons. The summed E-state index contributed by atoms with van der Waals surface area (Å²) in [6, 6.07) is 14.2. The molecule has 2 fully saturated rings. The van der Waals surface area contributed by atoms with Crippen molar-refractivity contribution in [1.29, 1.82) is 0 Å². The van der Waals surface area contributed by atoms with E-state index in [0.29, 0.717) is 30.1 Å². The van der Waals surface area contributed by atoms with E-state index in [-0.39, 0.29) is 23.4 Å². The molecule has 0 bridgehead atoms. The molecule has 10 heteroatoms. The number of hydrogen-bond acceptors (Lipinski definition) is 6. The van der Waals surface area contributed by atoms with Gasteiger partial charge in [-0.25, -0.2) is 13.2 Å². The van der Waals surface area contributed by atoms with Crippen LogP contribution in [-0.2, 0) is 21.2 Å². The maximum Gasteiger partial charge on any atom is 0.346 e. The molecule has 1 atom stereocenters. The fourth-order valence-electron chi connectivity index (χ4n) is 5.42. The van der Waals surface area contributed by atoms with Crippen LogP contribution in [0.3, 0.4) is 0 Å². The van der Waals surface area contributed by atoms with E-state index in [4.69, 9.17) is 0 Å². The van der Waals surface area contributed by atoms with Crippen molar-refractivity contribution in [2.75, 3.05) is 31.5 Å². The van der Waals surface area contributed by atoms with Crippen molar-refractivity contribution in [2.45, 2.75) is 49.5 Å². The highest BCUT2D eigenvalue weighted by atomic mass is 32.2. The Labute approximate surface area is 220 Å². The van der Waals surface area contributed by atoms with Gasteiger partial charge in [0.1, 0.15) is 4.88 Å². The second-order valence-corrected chi connectivity index (χ2v) is 12.7. The molecule has 0 aliphatic carbocycles. The predicted molar refractivity (Wildman–Crippen MR) is 145 cm³/mol. The molecule has 0 saturated carbocycles. The van der Waals surface area contributed by atoms with Crippen LogP contribution in [0.5, 0.6) is 0 Å². The molecule has 2 saturated heterocycles. The number of likely N-dealkylation sites (tertiary alicyclic amines) is 1. The Bertz CT molecular complexity index is 1410. The Hall–Kier alpha value is -2.79. The Morgan fingerprint density at radius 2 is 1.78 bits per heavy atom. The van der Waals surface area contributed by atoms with Crippen molar-refractivity contribution in [1.82, 2.24) is 9.21 Å². The van der Waals surface area contributed by atoms with Crippen LogP contribution in [0, 0.1) is 0 Å². The van der Waals surface area contributed by atoms with Gasteiger partial charge in [-0.15, -0.1) is 11.3 Å². The number of rotatable bonds is 8. The number of nitrogens with one attached hydrogen (secondary N) is 1. The van der Waals surface area contributed by atoms with Crippen molar-refractivity contribution >= 4 is 49.0 Å². The second-order valence-electron chi connectivity index (χ2n) is 9.72. The van der Waals surface area contributed by atoms with E-state index in [0.717, 1.165) is 54.3 Å². The third-order valence-corrected chi connectivity index (χ3v) is 10.3. The fourth-order valence-corrected chi connectivity index (χ4v) is 8.05. The van der Waals surface area contributed by atoms with Crippen LogP contribution in [0.2, 0.25) is 0 Å². The third-order valence-electron chi connectivity index (χ3n) is 7.25. The molecule has 2 aliphatic rings. The summed E-state index contributed by atoms with van der Waals surface area (Å²) >= 11 is 1.30. The van der Waals surface area contributed by atoms with Crippen molar-refractivity contribution in [3.8, 4) is 0 Å². The van der Waals surface area contributed by atoms with Gasteiger partial charge in [-0.1, -0.05) is 30.7 Å². The summed E-state index contributed by atoms with van der Waals surface area (Å²) in [4.78, 5) is 27.5. The summed E-state index contributed by atoms with van der Waals surface area (Å²) in [5.41, 5.74) is 1.29. The molecule has 8 nitrogen and oxygen atoms in total. The van der Waals surface area contributed by atoms with Crippen LogP contribution in [-0.4, -0.2) is 66.8 Å². The lowest BCUT2D eigenvalue weighted by Crippen LogP contribution is -2.38. The molecule has 0 spiro atoms. The number of fused-ring (bicyclic) bond motifs is 1. The minimum atomic E-state index is -3.59. The zero-order chi connectivity index (χ0) is 26.0. The van der Waals surface area contributed by atoms with Gasteiger partial charge >= 0.3 is 5.97 Å². The minimum Gasteiger partial charge on any atom is -0.477 e. The van der Waals surface area contributed by atoms with Gasteiger partial charge in [0, 0.05) is 29.5 Å². The quantitative estimate of drug-likeness (QED) is 0.437. The average molecular weight is 542 g/mol. The topological polar surface area (TPSA) is 107 Å². The third kappa shape index (κ3) is 5.57. The Balaban J connectivity index is 1.27. The largest absolute Gasteiger partial charge is 0.477 e. The maximum absolute atomic E-state index is 13.0. The molecule has 196 valence electrons. The first-order chi connectivity index (χ1) is 17.8. The lowest BCUT2D eigenvalue weighted by atomic mass is 10.0. The van der Waals surface area contributed by atoms with Crippen LogP contribution in [0.15, 0.2) is 53.4 Å². The Kier molecular flexibility index (Phi) is 7.62. The van der Waals surface area contributed by atoms with Crippen LogP contribution >= 0.6 is 11.3 Å². The fraction of sp³-hybridized carbons (Fsp3) is 0.407. The maximum atomic E-state index is 13.0. The summed E-state index contributed by atoms with van der Waals surface area (Å²) in [5.74, 6) is -1.13. The van der Waals surface area contributed by atoms with Crippen molar-refractivity contribution in [2.24, 2.45) is 0 Å². The molecule has 3 heterocycles. The number of carboxylic acids is 1. The molecule has 0 unspecified atom stereocenters. The van der Waals surface area contributed by atoms with Gasteiger partial charge in [0.15, 0.2) is 0 Å². The van der Waals surface area contributed by atoms with Crippen molar-refractivity contribution < 1.29 is 23.1 Å². The molecule has 2 aromatic carbocycles. The van der Waals surface area contributed by atoms with Crippen LogP contribution in [0.4, 0.5) is 5.69 Å². The molecule has 1 aromatic heterocycles. The van der Waals surface area contributed by atoms with E-state index in [2.05, 4.69) is 10.2 Å². The number of sulfonamides is 1. The first-order valence-corrected chi connectivity index (χ1v) is 15.0. The molecule has 2 aliphatic heterocycles. The van der Waals surface area contributed by atoms with E-state index in [1.165, 1.54) is 21.7 Å². The zero-order valence-electron chi connectivity index (χ0n) is 20.6. The lowest BCUT2D eigenvalue weighted by Gasteiger charge is -2.26. The number of hydrogen-bond donors (Lipinski definition) is 2. The lowest BCUT2D eigenvalue weighted by molar-refractivity contribution is -0.117. The van der Waals surface area contributed by atoms with Gasteiger partial charge in [0.2, 0.25) is 15.9 Å². The molecular weight excluding hydrogens is 510 g/mol. The number of carbonyl (C=O) groups is 2. The summed E-state index contributed by atoms with van der Waals surface area (Å²) in [5, 5.41) is 13.6. The zero-order valence-corrected chi connectivity index (χ0v) is 22.2. The second kappa shape index (κ2) is 10.9.